The molecule has 4 aromatic rings. The summed E-state index contributed by atoms with van der Waals surface area (Å²) in [6.45, 7) is 6.30. The molecule has 134 valence electrons. The third-order valence-corrected chi connectivity index (χ3v) is 4.24. The molecule has 0 spiro atoms. The standard InChI is InChI=1S/C18H16N8O/c1-4-25-14-6-5-12(9-19)8-13(14)21-17(25)23-16(27)15-22-18-20-10(2)7-11(3)26(18)24-15/h5-8H,4H2,1-3H3,(H,21,23,27). The molecule has 1 N–H and O–H groups in total. The molecule has 0 aliphatic heterocycles. The van der Waals surface area contributed by atoms with Gasteiger partial charge in [-0.3, -0.25) is 10.1 Å². The van der Waals surface area contributed by atoms with Crippen LogP contribution in [-0.4, -0.2) is 35.0 Å². The van der Waals surface area contributed by atoms with Crippen LogP contribution in [0.2, 0.25) is 0 Å². The van der Waals surface area contributed by atoms with Gasteiger partial charge in [-0.25, -0.2) is 14.5 Å². The van der Waals surface area contributed by atoms with Gasteiger partial charge in [-0.2, -0.15) is 10.2 Å². The summed E-state index contributed by atoms with van der Waals surface area (Å²) in [7, 11) is 0. The molecule has 3 aromatic heterocycles. The molecule has 0 unspecified atom stereocenters. The lowest BCUT2D eigenvalue weighted by atomic mass is 10.2. The van der Waals surface area contributed by atoms with E-state index < -0.39 is 5.91 Å². The number of hydrogen-bond acceptors (Lipinski definition) is 6. The number of imidazole rings is 1. The van der Waals surface area contributed by atoms with Crippen molar-refractivity contribution < 1.29 is 4.79 Å². The second-order valence-electron chi connectivity index (χ2n) is 6.14. The van der Waals surface area contributed by atoms with Gasteiger partial charge in [-0.05, 0) is 45.0 Å². The average molecular weight is 360 g/mol. The first-order valence-corrected chi connectivity index (χ1v) is 8.43. The molecule has 0 aliphatic rings. The van der Waals surface area contributed by atoms with Crippen molar-refractivity contribution in [2.45, 2.75) is 27.3 Å². The van der Waals surface area contributed by atoms with E-state index in [4.69, 9.17) is 5.26 Å². The number of carbonyl (C=O) groups excluding carboxylic acids is 1. The minimum atomic E-state index is -0.469. The fourth-order valence-electron chi connectivity index (χ4n) is 3.03. The van der Waals surface area contributed by atoms with Crippen LogP contribution in [0.15, 0.2) is 24.3 Å². The maximum Gasteiger partial charge on any atom is 0.297 e. The quantitative estimate of drug-likeness (QED) is 0.599. The highest BCUT2D eigenvalue weighted by Crippen LogP contribution is 2.21. The number of aromatic nitrogens is 6. The van der Waals surface area contributed by atoms with Gasteiger partial charge < -0.3 is 4.57 Å². The van der Waals surface area contributed by atoms with Gasteiger partial charge >= 0.3 is 0 Å². The molecule has 0 radical (unpaired) electrons. The molecule has 3 heterocycles. The minimum Gasteiger partial charge on any atom is -0.310 e. The van der Waals surface area contributed by atoms with E-state index in [0.29, 0.717) is 29.4 Å². The molecule has 0 bridgehead atoms. The number of rotatable bonds is 3. The van der Waals surface area contributed by atoms with Crippen LogP contribution in [0, 0.1) is 25.2 Å². The molecule has 0 saturated carbocycles. The number of amides is 1. The van der Waals surface area contributed by atoms with E-state index in [1.165, 1.54) is 4.52 Å². The Balaban J connectivity index is 1.72. The largest absolute Gasteiger partial charge is 0.310 e. The monoisotopic (exact) mass is 360 g/mol. The molecule has 27 heavy (non-hydrogen) atoms. The van der Waals surface area contributed by atoms with Crippen LogP contribution in [-0.2, 0) is 6.54 Å². The Labute approximate surface area is 154 Å². The predicted octanol–water partition coefficient (Wildman–Crippen LogP) is 2.23. The number of hydrogen-bond donors (Lipinski definition) is 1. The van der Waals surface area contributed by atoms with E-state index in [-0.39, 0.29) is 5.82 Å². The van der Waals surface area contributed by atoms with E-state index in [2.05, 4.69) is 31.4 Å². The van der Waals surface area contributed by atoms with Crippen LogP contribution in [0.25, 0.3) is 16.8 Å². The highest BCUT2D eigenvalue weighted by molar-refractivity contribution is 6.01. The van der Waals surface area contributed by atoms with E-state index >= 15 is 0 Å². The Hall–Kier alpha value is -3.80. The Kier molecular flexibility index (Phi) is 3.81. The van der Waals surface area contributed by atoms with E-state index in [0.717, 1.165) is 16.9 Å². The Bertz CT molecular complexity index is 1240. The Morgan fingerprint density at radius 1 is 1.22 bits per heavy atom. The molecule has 4 rings (SSSR count). The number of nitrogens with one attached hydrogen (secondary N) is 1. The van der Waals surface area contributed by atoms with Crippen LogP contribution in [0.4, 0.5) is 5.95 Å². The summed E-state index contributed by atoms with van der Waals surface area (Å²) in [6.07, 6.45) is 0. The predicted molar refractivity (Wildman–Crippen MR) is 98.3 cm³/mol. The number of fused-ring (bicyclic) bond motifs is 2. The molecular formula is C18H16N8O. The van der Waals surface area contributed by atoms with Gasteiger partial charge in [0.2, 0.25) is 11.8 Å². The first kappa shape index (κ1) is 16.7. The van der Waals surface area contributed by atoms with Crippen molar-refractivity contribution in [1.29, 1.82) is 5.26 Å². The molecule has 1 amide bonds. The van der Waals surface area contributed by atoms with Crippen LogP contribution >= 0.6 is 0 Å². The fraction of sp³-hybridized carbons (Fsp3) is 0.222. The van der Waals surface area contributed by atoms with Gasteiger partial charge in [0.25, 0.3) is 11.7 Å². The van der Waals surface area contributed by atoms with Gasteiger partial charge in [-0.15, -0.1) is 5.10 Å². The molecule has 0 atom stereocenters. The number of anilines is 1. The number of aryl methyl sites for hydroxylation is 3. The summed E-state index contributed by atoms with van der Waals surface area (Å²) in [6, 6.07) is 9.19. The van der Waals surface area contributed by atoms with Crippen LogP contribution in [0.5, 0.6) is 0 Å². The van der Waals surface area contributed by atoms with Gasteiger partial charge in [0.1, 0.15) is 0 Å². The lowest BCUT2D eigenvalue weighted by Gasteiger charge is -2.05. The summed E-state index contributed by atoms with van der Waals surface area (Å²) < 4.78 is 3.39. The van der Waals surface area contributed by atoms with Crippen molar-refractivity contribution in [3.05, 3.63) is 47.0 Å². The zero-order valence-corrected chi connectivity index (χ0v) is 15.1. The lowest BCUT2D eigenvalue weighted by molar-refractivity contribution is 0.101. The third-order valence-electron chi connectivity index (χ3n) is 4.24. The van der Waals surface area contributed by atoms with Crippen molar-refractivity contribution in [1.82, 2.24) is 29.1 Å². The molecule has 0 aliphatic carbocycles. The minimum absolute atomic E-state index is 0.0172. The molecule has 1 aromatic carbocycles. The molecular weight excluding hydrogens is 344 g/mol. The second-order valence-corrected chi connectivity index (χ2v) is 6.14. The molecule has 9 heteroatoms. The van der Waals surface area contributed by atoms with Gasteiger partial charge in [-0.1, -0.05) is 0 Å². The number of nitrogens with zero attached hydrogens (tertiary/aromatic N) is 7. The topological polar surface area (TPSA) is 114 Å². The molecule has 0 fully saturated rings. The van der Waals surface area contributed by atoms with Gasteiger partial charge in [0.05, 0.1) is 22.7 Å². The van der Waals surface area contributed by atoms with Crippen LogP contribution < -0.4 is 5.32 Å². The first-order chi connectivity index (χ1) is 13.0. The fourth-order valence-corrected chi connectivity index (χ4v) is 3.03. The van der Waals surface area contributed by atoms with E-state index in [1.807, 2.05) is 37.5 Å². The lowest BCUT2D eigenvalue weighted by Crippen LogP contribution is -2.17. The first-order valence-electron chi connectivity index (χ1n) is 8.43. The summed E-state index contributed by atoms with van der Waals surface area (Å²) >= 11 is 0. The summed E-state index contributed by atoms with van der Waals surface area (Å²) in [5.41, 5.74) is 3.64. The normalized spacial score (nSPS) is 11.0. The maximum absolute atomic E-state index is 12.7. The van der Waals surface area contributed by atoms with Crippen molar-refractivity contribution in [2.75, 3.05) is 5.32 Å². The van der Waals surface area contributed by atoms with Crippen molar-refractivity contribution in [3.63, 3.8) is 0 Å². The second kappa shape index (κ2) is 6.17. The van der Waals surface area contributed by atoms with Gasteiger partial charge in [0.15, 0.2) is 0 Å². The Morgan fingerprint density at radius 3 is 2.78 bits per heavy atom. The highest BCUT2D eigenvalue weighted by Gasteiger charge is 2.18. The summed E-state index contributed by atoms with van der Waals surface area (Å²) in [5, 5.41) is 16.1. The zero-order chi connectivity index (χ0) is 19.1. The maximum atomic E-state index is 12.7. The van der Waals surface area contributed by atoms with E-state index in [1.54, 1.807) is 12.1 Å². The average Bonchev–Trinajstić information content (AvgIpc) is 3.21. The van der Waals surface area contributed by atoms with Crippen molar-refractivity contribution >= 4 is 28.7 Å². The molecule has 9 nitrogen and oxygen atoms in total. The zero-order valence-electron chi connectivity index (χ0n) is 15.1. The van der Waals surface area contributed by atoms with E-state index in [9.17, 15) is 4.79 Å². The van der Waals surface area contributed by atoms with Crippen LogP contribution in [0.1, 0.15) is 34.5 Å². The van der Waals surface area contributed by atoms with Gasteiger partial charge in [0, 0.05) is 17.9 Å². The third kappa shape index (κ3) is 2.77. The van der Waals surface area contributed by atoms with Crippen molar-refractivity contribution in [3.8, 4) is 6.07 Å². The van der Waals surface area contributed by atoms with Crippen LogP contribution in [0.3, 0.4) is 0 Å². The Morgan fingerprint density at radius 2 is 2.04 bits per heavy atom. The number of carbonyl (C=O) groups is 1. The summed E-state index contributed by atoms with van der Waals surface area (Å²) in [4.78, 5) is 25.6. The number of nitriles is 1. The molecule has 0 saturated heterocycles. The van der Waals surface area contributed by atoms with Crippen molar-refractivity contribution in [2.24, 2.45) is 0 Å². The number of benzene rings is 1. The summed E-state index contributed by atoms with van der Waals surface area (Å²) in [5.74, 6) is 0.305. The smallest absolute Gasteiger partial charge is 0.297 e. The SMILES string of the molecule is CCn1c(NC(=O)c2nc3nc(C)cc(C)n3n2)nc2cc(C#N)ccc21. The highest BCUT2D eigenvalue weighted by atomic mass is 16.2.